The van der Waals surface area contributed by atoms with E-state index < -0.39 is 0 Å². The zero-order chi connectivity index (χ0) is 13.3. The third-order valence-corrected chi connectivity index (χ3v) is 3.46. The van der Waals surface area contributed by atoms with Crippen LogP contribution in [0.2, 0.25) is 0 Å². The third-order valence-electron chi connectivity index (χ3n) is 3.46. The van der Waals surface area contributed by atoms with Crippen LogP contribution in [-0.2, 0) is 4.74 Å². The van der Waals surface area contributed by atoms with E-state index in [1.165, 1.54) is 5.56 Å². The lowest BCUT2D eigenvalue weighted by Gasteiger charge is -2.28. The zero-order valence-corrected chi connectivity index (χ0v) is 11.4. The third kappa shape index (κ3) is 5.15. The Kier molecular flexibility index (Phi) is 6.08. The maximum atomic E-state index is 8.63. The van der Waals surface area contributed by atoms with Crippen LogP contribution in [0.4, 0.5) is 0 Å². The van der Waals surface area contributed by atoms with Gasteiger partial charge in [0.25, 0.3) is 0 Å². The van der Waals surface area contributed by atoms with Gasteiger partial charge in [0.05, 0.1) is 19.8 Å². The molecule has 1 aromatic carbocycles. The van der Waals surface area contributed by atoms with Crippen LogP contribution in [0.5, 0.6) is 0 Å². The number of benzene rings is 1. The van der Waals surface area contributed by atoms with Gasteiger partial charge in [0.2, 0.25) is 0 Å². The molecule has 1 fully saturated rings. The Morgan fingerprint density at radius 1 is 1.11 bits per heavy atom. The Bertz CT molecular complexity index is 379. The summed E-state index contributed by atoms with van der Waals surface area (Å²) >= 11 is 0. The van der Waals surface area contributed by atoms with E-state index in [4.69, 9.17) is 9.84 Å². The lowest BCUT2D eigenvalue weighted by Crippen LogP contribution is -2.33. The number of rotatable bonds is 6. The van der Waals surface area contributed by atoms with Crippen molar-refractivity contribution in [2.24, 2.45) is 0 Å². The van der Waals surface area contributed by atoms with Gasteiger partial charge in [0.1, 0.15) is 0 Å². The second-order valence-corrected chi connectivity index (χ2v) is 4.89. The minimum atomic E-state index is 0.115. The highest BCUT2D eigenvalue weighted by Gasteiger charge is 2.13. The maximum Gasteiger partial charge on any atom is 0.0698 e. The average Bonchev–Trinajstić information content (AvgIpc) is 2.46. The van der Waals surface area contributed by atoms with Crippen LogP contribution in [0.1, 0.15) is 18.4 Å². The number of aliphatic hydroxyl groups is 1. The smallest absolute Gasteiger partial charge is 0.0698 e. The Hall–Kier alpha value is -1.16. The van der Waals surface area contributed by atoms with Crippen molar-refractivity contribution in [2.45, 2.75) is 12.8 Å². The van der Waals surface area contributed by atoms with E-state index in [9.17, 15) is 0 Å². The fourth-order valence-electron chi connectivity index (χ4n) is 2.35. The number of nitrogens with zero attached hydrogens (tertiary/aromatic N) is 1. The summed E-state index contributed by atoms with van der Waals surface area (Å²) in [6.07, 6.45) is 4.61. The molecule has 104 valence electrons. The molecule has 1 aliphatic rings. The number of ether oxygens (including phenoxy) is 1. The number of piperidine rings is 1. The molecule has 0 aromatic heterocycles. The molecule has 1 aromatic rings. The first-order chi connectivity index (χ1) is 9.38. The van der Waals surface area contributed by atoms with E-state index in [1.807, 2.05) is 0 Å². The Morgan fingerprint density at radius 3 is 2.53 bits per heavy atom. The lowest BCUT2D eigenvalue weighted by atomic mass is 10.0. The molecule has 2 rings (SSSR count). The van der Waals surface area contributed by atoms with Crippen LogP contribution >= 0.6 is 0 Å². The van der Waals surface area contributed by atoms with Crippen LogP contribution in [0.25, 0.3) is 6.08 Å². The molecule has 1 heterocycles. The second-order valence-electron chi connectivity index (χ2n) is 4.89. The normalized spacial score (nSPS) is 16.6. The van der Waals surface area contributed by atoms with E-state index in [-0.39, 0.29) is 6.61 Å². The summed E-state index contributed by atoms with van der Waals surface area (Å²) in [5.41, 5.74) is 2.84. The fraction of sp³-hybridized carbons (Fsp3) is 0.500. The number of aliphatic hydroxyl groups excluding tert-OH is 1. The predicted octanol–water partition coefficient (Wildman–Crippen LogP) is 2.17. The van der Waals surface area contributed by atoms with Crippen molar-refractivity contribution in [3.8, 4) is 0 Å². The summed E-state index contributed by atoms with van der Waals surface area (Å²) in [6, 6.07) is 10.5. The molecular formula is C16H23NO2. The van der Waals surface area contributed by atoms with E-state index >= 15 is 0 Å². The summed E-state index contributed by atoms with van der Waals surface area (Å²) in [7, 11) is 0. The van der Waals surface area contributed by atoms with Gasteiger partial charge >= 0.3 is 0 Å². The van der Waals surface area contributed by atoms with Crippen LogP contribution < -0.4 is 0 Å². The van der Waals surface area contributed by atoms with Crippen molar-refractivity contribution in [1.82, 2.24) is 4.90 Å². The van der Waals surface area contributed by atoms with Gasteiger partial charge in [-0.3, -0.25) is 0 Å². The standard InChI is InChI=1S/C16H23NO2/c18-11-13-19-12-10-17-8-6-16(7-9-17)14-15-4-2-1-3-5-15/h1-5,14,18H,6-13H2. The van der Waals surface area contributed by atoms with Gasteiger partial charge in [-0.25, -0.2) is 0 Å². The van der Waals surface area contributed by atoms with Gasteiger partial charge < -0.3 is 14.7 Å². The molecule has 1 N–H and O–H groups in total. The quantitative estimate of drug-likeness (QED) is 0.797. The van der Waals surface area contributed by atoms with Gasteiger partial charge in [-0.2, -0.15) is 0 Å². The van der Waals surface area contributed by atoms with Crippen LogP contribution in [0.15, 0.2) is 35.9 Å². The molecular weight excluding hydrogens is 238 g/mol. The molecule has 19 heavy (non-hydrogen) atoms. The van der Waals surface area contributed by atoms with Crippen LogP contribution in [0, 0.1) is 0 Å². The van der Waals surface area contributed by atoms with Gasteiger partial charge in [0, 0.05) is 19.6 Å². The van der Waals surface area contributed by atoms with Gasteiger partial charge in [0.15, 0.2) is 0 Å². The first-order valence-electron chi connectivity index (χ1n) is 7.04. The summed E-state index contributed by atoms with van der Waals surface area (Å²) in [5, 5.41) is 8.63. The van der Waals surface area contributed by atoms with Crippen LogP contribution in [-0.4, -0.2) is 49.5 Å². The fourth-order valence-corrected chi connectivity index (χ4v) is 2.35. The molecule has 0 amide bonds. The molecule has 3 nitrogen and oxygen atoms in total. The molecule has 0 unspecified atom stereocenters. The molecule has 0 saturated carbocycles. The Labute approximate surface area is 115 Å². The zero-order valence-electron chi connectivity index (χ0n) is 11.4. The average molecular weight is 261 g/mol. The molecule has 1 saturated heterocycles. The molecule has 0 atom stereocenters. The molecule has 1 aliphatic heterocycles. The summed E-state index contributed by atoms with van der Waals surface area (Å²) in [5.74, 6) is 0. The topological polar surface area (TPSA) is 32.7 Å². The van der Waals surface area contributed by atoms with Crippen LogP contribution in [0.3, 0.4) is 0 Å². The molecule has 0 aliphatic carbocycles. The molecule has 0 bridgehead atoms. The summed E-state index contributed by atoms with van der Waals surface area (Å²) in [4.78, 5) is 2.43. The largest absolute Gasteiger partial charge is 0.394 e. The Morgan fingerprint density at radius 2 is 1.84 bits per heavy atom. The minimum absolute atomic E-state index is 0.115. The highest BCUT2D eigenvalue weighted by Crippen LogP contribution is 2.19. The highest BCUT2D eigenvalue weighted by molar-refractivity contribution is 5.52. The second kappa shape index (κ2) is 8.10. The molecule has 3 heteroatoms. The maximum absolute atomic E-state index is 8.63. The van der Waals surface area contributed by atoms with Gasteiger partial charge in [-0.15, -0.1) is 0 Å². The van der Waals surface area contributed by atoms with Crippen molar-refractivity contribution in [3.05, 3.63) is 41.5 Å². The Balaban J connectivity index is 1.72. The minimum Gasteiger partial charge on any atom is -0.394 e. The molecule has 0 spiro atoms. The lowest BCUT2D eigenvalue weighted by molar-refractivity contribution is 0.0720. The van der Waals surface area contributed by atoms with Gasteiger partial charge in [-0.05, 0) is 18.4 Å². The van der Waals surface area contributed by atoms with E-state index in [0.717, 1.165) is 39.1 Å². The van der Waals surface area contributed by atoms with E-state index in [2.05, 4.69) is 41.3 Å². The SMILES string of the molecule is OCCOCCN1CCC(=Cc2ccccc2)CC1. The van der Waals surface area contributed by atoms with E-state index in [0.29, 0.717) is 6.61 Å². The predicted molar refractivity (Wildman–Crippen MR) is 78.0 cm³/mol. The number of hydrogen-bond donors (Lipinski definition) is 1. The highest BCUT2D eigenvalue weighted by atomic mass is 16.5. The van der Waals surface area contributed by atoms with Gasteiger partial charge in [-0.1, -0.05) is 42.0 Å². The first-order valence-corrected chi connectivity index (χ1v) is 7.04. The summed E-state index contributed by atoms with van der Waals surface area (Å²) < 4.78 is 5.30. The van der Waals surface area contributed by atoms with Crippen molar-refractivity contribution >= 4 is 6.08 Å². The number of likely N-dealkylation sites (tertiary alicyclic amines) is 1. The monoisotopic (exact) mass is 261 g/mol. The summed E-state index contributed by atoms with van der Waals surface area (Å²) in [6.45, 7) is 4.48. The van der Waals surface area contributed by atoms with Crippen molar-refractivity contribution < 1.29 is 9.84 Å². The number of hydrogen-bond acceptors (Lipinski definition) is 3. The van der Waals surface area contributed by atoms with Crippen molar-refractivity contribution in [3.63, 3.8) is 0 Å². The van der Waals surface area contributed by atoms with Crippen molar-refractivity contribution in [1.29, 1.82) is 0 Å². The van der Waals surface area contributed by atoms with Crippen molar-refractivity contribution in [2.75, 3.05) is 39.5 Å². The molecule has 0 radical (unpaired) electrons. The van der Waals surface area contributed by atoms with E-state index in [1.54, 1.807) is 5.57 Å². The first kappa shape index (κ1) is 14.3.